The van der Waals surface area contributed by atoms with Gasteiger partial charge in [-0.3, -0.25) is 9.59 Å². The number of carbonyl (C=O) groups is 2. The van der Waals surface area contributed by atoms with E-state index in [0.29, 0.717) is 42.3 Å². The zero-order chi connectivity index (χ0) is 23.7. The zero-order valence-electron chi connectivity index (χ0n) is 18.3. The molecule has 2 heterocycles. The van der Waals surface area contributed by atoms with Crippen LogP contribution in [0.4, 0.5) is 0 Å². The number of aromatic hydroxyl groups is 1. The van der Waals surface area contributed by atoms with Crippen LogP contribution in [-0.2, 0) is 16.0 Å². The van der Waals surface area contributed by atoms with E-state index < -0.39 is 17.7 Å². The monoisotopic (exact) mass is 457 g/mol. The summed E-state index contributed by atoms with van der Waals surface area (Å²) in [4.78, 5) is 27.7. The fourth-order valence-corrected chi connectivity index (χ4v) is 4.35. The zero-order valence-corrected chi connectivity index (χ0v) is 18.3. The van der Waals surface area contributed by atoms with Gasteiger partial charge in [0.05, 0.1) is 11.6 Å². The van der Waals surface area contributed by atoms with E-state index in [0.717, 1.165) is 5.56 Å². The van der Waals surface area contributed by atoms with Crippen molar-refractivity contribution in [3.8, 4) is 17.2 Å². The van der Waals surface area contributed by atoms with Crippen LogP contribution in [0.2, 0.25) is 0 Å². The van der Waals surface area contributed by atoms with Gasteiger partial charge in [0, 0.05) is 12.1 Å². The van der Waals surface area contributed by atoms with Crippen molar-refractivity contribution in [3.05, 3.63) is 95.1 Å². The molecule has 0 aliphatic carbocycles. The van der Waals surface area contributed by atoms with Gasteiger partial charge in [-0.05, 0) is 47.9 Å². The number of hydrogen-bond donors (Lipinski definition) is 2. The quantitative estimate of drug-likeness (QED) is 0.344. The Morgan fingerprint density at radius 2 is 1.62 bits per heavy atom. The summed E-state index contributed by atoms with van der Waals surface area (Å²) in [5, 5.41) is 21.0. The number of carbonyl (C=O) groups excluding carboxylic acids is 2. The third-order valence-corrected chi connectivity index (χ3v) is 6.05. The SMILES string of the molecule is O=C1C(=O)N(CCc2ccccc2)[C@H](c2ccc(O)cc2)C1=C(O)c1ccc2c(c1)OCCO2. The summed E-state index contributed by atoms with van der Waals surface area (Å²) in [6.45, 7) is 1.11. The maximum Gasteiger partial charge on any atom is 0.295 e. The second-order valence-electron chi connectivity index (χ2n) is 8.18. The number of amides is 1. The Hall–Kier alpha value is -4.26. The molecule has 3 aromatic carbocycles. The summed E-state index contributed by atoms with van der Waals surface area (Å²) in [6.07, 6.45) is 0.548. The van der Waals surface area contributed by atoms with Crippen LogP contribution in [0, 0.1) is 0 Å². The van der Waals surface area contributed by atoms with Gasteiger partial charge >= 0.3 is 0 Å². The van der Waals surface area contributed by atoms with Crippen LogP contribution in [-0.4, -0.2) is 46.6 Å². The molecule has 34 heavy (non-hydrogen) atoms. The largest absolute Gasteiger partial charge is 0.508 e. The third-order valence-electron chi connectivity index (χ3n) is 6.05. The molecule has 1 atom stereocenters. The lowest BCUT2D eigenvalue weighted by molar-refractivity contribution is -0.139. The van der Waals surface area contributed by atoms with Crippen LogP contribution >= 0.6 is 0 Å². The normalized spacial score (nSPS) is 18.8. The fraction of sp³-hybridized carbons (Fsp3) is 0.185. The Balaban J connectivity index is 1.57. The van der Waals surface area contributed by atoms with Gasteiger partial charge in [0.2, 0.25) is 0 Å². The summed E-state index contributed by atoms with van der Waals surface area (Å²) in [7, 11) is 0. The van der Waals surface area contributed by atoms with Gasteiger partial charge < -0.3 is 24.6 Å². The van der Waals surface area contributed by atoms with Gasteiger partial charge in [-0.25, -0.2) is 0 Å². The van der Waals surface area contributed by atoms with Crippen molar-refractivity contribution < 1.29 is 29.3 Å². The van der Waals surface area contributed by atoms with Gasteiger partial charge in [0.1, 0.15) is 24.7 Å². The molecule has 2 aliphatic rings. The standard InChI is InChI=1S/C27H23NO6/c29-20-9-6-18(7-10-20)24-23(25(30)19-8-11-21-22(16-19)34-15-14-33-21)26(31)27(32)28(24)13-12-17-4-2-1-3-5-17/h1-11,16,24,29-30H,12-15H2/t24-/m1/s1. The third kappa shape index (κ3) is 3.96. The minimum atomic E-state index is -0.794. The molecule has 0 radical (unpaired) electrons. The van der Waals surface area contributed by atoms with Gasteiger partial charge in [-0.1, -0.05) is 42.5 Å². The highest BCUT2D eigenvalue weighted by molar-refractivity contribution is 6.46. The molecule has 7 heteroatoms. The van der Waals surface area contributed by atoms with Crippen molar-refractivity contribution in [2.45, 2.75) is 12.5 Å². The molecular weight excluding hydrogens is 434 g/mol. The van der Waals surface area contributed by atoms with Crippen LogP contribution in [0.3, 0.4) is 0 Å². The van der Waals surface area contributed by atoms with E-state index in [-0.39, 0.29) is 23.6 Å². The number of likely N-dealkylation sites (tertiary alicyclic amines) is 1. The summed E-state index contributed by atoms with van der Waals surface area (Å²) >= 11 is 0. The Labute approximate surface area is 196 Å². The topological polar surface area (TPSA) is 96.3 Å². The van der Waals surface area contributed by atoms with Crippen LogP contribution in [0.1, 0.15) is 22.7 Å². The van der Waals surface area contributed by atoms with E-state index in [1.165, 1.54) is 17.0 Å². The molecule has 7 nitrogen and oxygen atoms in total. The van der Waals surface area contributed by atoms with E-state index in [4.69, 9.17) is 9.47 Å². The molecule has 2 aliphatic heterocycles. The summed E-state index contributed by atoms with van der Waals surface area (Å²) < 4.78 is 11.1. The lowest BCUT2D eigenvalue weighted by Crippen LogP contribution is -2.31. The summed E-state index contributed by atoms with van der Waals surface area (Å²) in [5.74, 6) is -0.616. The molecule has 0 saturated carbocycles. The fourth-order valence-electron chi connectivity index (χ4n) is 4.35. The maximum absolute atomic E-state index is 13.2. The van der Waals surface area contributed by atoms with Crippen LogP contribution in [0.5, 0.6) is 17.2 Å². The van der Waals surface area contributed by atoms with Crippen molar-refractivity contribution in [2.24, 2.45) is 0 Å². The molecule has 172 valence electrons. The lowest BCUT2D eigenvalue weighted by atomic mass is 9.95. The van der Waals surface area contributed by atoms with Gasteiger partial charge in [-0.15, -0.1) is 0 Å². The smallest absolute Gasteiger partial charge is 0.295 e. The summed E-state index contributed by atoms with van der Waals surface area (Å²) in [5.41, 5.74) is 2.00. The molecule has 1 saturated heterocycles. The first-order valence-corrected chi connectivity index (χ1v) is 11.0. The van der Waals surface area contributed by atoms with E-state index in [1.54, 1.807) is 30.3 Å². The van der Waals surface area contributed by atoms with Crippen molar-refractivity contribution >= 4 is 17.4 Å². The number of ketones is 1. The first kappa shape index (κ1) is 21.6. The van der Waals surface area contributed by atoms with E-state index in [1.807, 2.05) is 30.3 Å². The predicted molar refractivity (Wildman–Crippen MR) is 125 cm³/mol. The Bertz CT molecular complexity index is 1270. The molecule has 1 amide bonds. The van der Waals surface area contributed by atoms with Gasteiger partial charge in [-0.2, -0.15) is 0 Å². The number of fused-ring (bicyclic) bond motifs is 1. The van der Waals surface area contributed by atoms with Gasteiger partial charge in [0.25, 0.3) is 11.7 Å². The number of hydrogen-bond acceptors (Lipinski definition) is 6. The highest BCUT2D eigenvalue weighted by Crippen LogP contribution is 2.41. The van der Waals surface area contributed by atoms with Crippen molar-refractivity contribution in [1.29, 1.82) is 0 Å². The minimum absolute atomic E-state index is 0.000397. The second-order valence-corrected chi connectivity index (χ2v) is 8.18. The number of phenolic OH excluding ortho intramolecular Hbond substituents is 1. The number of aliphatic hydroxyl groups is 1. The molecule has 1 fully saturated rings. The molecule has 0 spiro atoms. The lowest BCUT2D eigenvalue weighted by Gasteiger charge is -2.25. The van der Waals surface area contributed by atoms with Crippen molar-refractivity contribution in [3.63, 3.8) is 0 Å². The molecule has 3 aromatic rings. The number of benzene rings is 3. The maximum atomic E-state index is 13.2. The Morgan fingerprint density at radius 3 is 2.35 bits per heavy atom. The van der Waals surface area contributed by atoms with E-state index in [2.05, 4.69) is 0 Å². The van der Waals surface area contributed by atoms with E-state index in [9.17, 15) is 19.8 Å². The Kier molecular flexibility index (Phi) is 5.67. The molecule has 0 bridgehead atoms. The first-order valence-electron chi connectivity index (χ1n) is 11.0. The number of Topliss-reactive ketones (excluding diaryl/α,β-unsaturated/α-hetero) is 1. The van der Waals surface area contributed by atoms with Crippen molar-refractivity contribution in [2.75, 3.05) is 19.8 Å². The average molecular weight is 457 g/mol. The number of ether oxygens (including phenoxy) is 2. The summed E-state index contributed by atoms with van der Waals surface area (Å²) in [6, 6.07) is 20.1. The number of nitrogens with zero attached hydrogens (tertiary/aromatic N) is 1. The molecular formula is C27H23NO6. The highest BCUT2D eigenvalue weighted by Gasteiger charge is 2.45. The minimum Gasteiger partial charge on any atom is -0.508 e. The number of phenols is 1. The van der Waals surface area contributed by atoms with Crippen LogP contribution in [0.25, 0.3) is 5.76 Å². The van der Waals surface area contributed by atoms with E-state index >= 15 is 0 Å². The van der Waals surface area contributed by atoms with Crippen LogP contribution in [0.15, 0.2) is 78.4 Å². The molecule has 2 N–H and O–H groups in total. The van der Waals surface area contributed by atoms with Crippen LogP contribution < -0.4 is 9.47 Å². The number of rotatable bonds is 5. The highest BCUT2D eigenvalue weighted by atomic mass is 16.6. The predicted octanol–water partition coefficient (Wildman–Crippen LogP) is 3.83. The van der Waals surface area contributed by atoms with Gasteiger partial charge in [0.15, 0.2) is 11.5 Å². The molecule has 0 aromatic heterocycles. The second kappa shape index (κ2) is 8.94. The first-order chi connectivity index (χ1) is 16.5. The molecule has 0 unspecified atom stereocenters. The van der Waals surface area contributed by atoms with Crippen molar-refractivity contribution in [1.82, 2.24) is 4.90 Å². The average Bonchev–Trinajstić information content (AvgIpc) is 3.12. The number of aliphatic hydroxyl groups excluding tert-OH is 1. The molecule has 5 rings (SSSR count). The Morgan fingerprint density at radius 1 is 0.912 bits per heavy atom.